The van der Waals surface area contributed by atoms with Crippen LogP contribution in [0.5, 0.6) is 0 Å². The Bertz CT molecular complexity index is 244. The van der Waals surface area contributed by atoms with Gasteiger partial charge in [-0.1, -0.05) is 0 Å². The van der Waals surface area contributed by atoms with Crippen LogP contribution >= 0.6 is 10.7 Å². The van der Waals surface area contributed by atoms with Gasteiger partial charge in [0.05, 0.1) is 0 Å². The van der Waals surface area contributed by atoms with E-state index in [1.54, 1.807) is 0 Å². The molecule has 0 spiro atoms. The molecule has 0 bridgehead atoms. The van der Waals surface area contributed by atoms with Crippen LogP contribution in [0.3, 0.4) is 0 Å². The summed E-state index contributed by atoms with van der Waals surface area (Å²) in [4.78, 5) is 0. The highest BCUT2D eigenvalue weighted by molar-refractivity contribution is 8.11. The van der Waals surface area contributed by atoms with E-state index in [2.05, 4.69) is 5.32 Å². The molecule has 0 amide bonds. The molecule has 0 saturated carbocycles. The summed E-state index contributed by atoms with van der Waals surface area (Å²) in [6.07, 6.45) is 0. The molecule has 0 aromatic carbocycles. The highest BCUT2D eigenvalue weighted by Crippen LogP contribution is 2.12. The van der Waals surface area contributed by atoms with Crippen LogP contribution < -0.4 is 5.32 Å². The van der Waals surface area contributed by atoms with E-state index in [1.807, 2.05) is 13.8 Å². The highest BCUT2D eigenvalue weighted by Gasteiger charge is 2.28. The molecule has 1 N–H and O–H groups in total. The molecule has 1 heterocycles. The third kappa shape index (κ3) is 2.58. The van der Waals surface area contributed by atoms with E-state index in [9.17, 15) is 8.42 Å². The predicted octanol–water partition coefficient (Wildman–Crippen LogP) is 0.152. The molecule has 1 aliphatic rings. The third-order valence-electron chi connectivity index (χ3n) is 1.83. The highest BCUT2D eigenvalue weighted by atomic mass is 35.7. The molecule has 4 nitrogen and oxygen atoms in total. The molecule has 0 aromatic heterocycles. The zero-order chi connectivity index (χ0) is 9.35. The summed E-state index contributed by atoms with van der Waals surface area (Å²) in [6.45, 7) is 4.78. The van der Waals surface area contributed by atoms with Crippen LogP contribution in [0.15, 0.2) is 0 Å². The molecule has 2 atom stereocenters. The van der Waals surface area contributed by atoms with Gasteiger partial charge in [0, 0.05) is 35.9 Å². The maximum atomic E-state index is 10.9. The summed E-state index contributed by atoms with van der Waals surface area (Å²) in [5.41, 5.74) is 0. The summed E-state index contributed by atoms with van der Waals surface area (Å²) in [7, 11) is 1.69. The van der Waals surface area contributed by atoms with Crippen molar-refractivity contribution in [3.05, 3.63) is 0 Å². The molecule has 0 aliphatic carbocycles. The van der Waals surface area contributed by atoms with Crippen LogP contribution in [0.1, 0.15) is 13.8 Å². The maximum absolute atomic E-state index is 10.9. The minimum absolute atomic E-state index is 0.169. The van der Waals surface area contributed by atoms with Gasteiger partial charge in [-0.2, -0.15) is 12.7 Å². The average molecular weight is 213 g/mol. The largest absolute Gasteiger partial charge is 0.309 e. The van der Waals surface area contributed by atoms with E-state index >= 15 is 0 Å². The van der Waals surface area contributed by atoms with Gasteiger partial charge in [-0.3, -0.25) is 0 Å². The van der Waals surface area contributed by atoms with Crippen molar-refractivity contribution in [3.8, 4) is 0 Å². The molecule has 1 aliphatic heterocycles. The maximum Gasteiger partial charge on any atom is 0.299 e. The Morgan fingerprint density at radius 2 is 1.75 bits per heavy atom. The van der Waals surface area contributed by atoms with Gasteiger partial charge in [-0.15, -0.1) is 0 Å². The topological polar surface area (TPSA) is 49.4 Å². The summed E-state index contributed by atoms with van der Waals surface area (Å²) in [6, 6.07) is 0.338. The molecule has 72 valence electrons. The molecule has 1 saturated heterocycles. The lowest BCUT2D eigenvalue weighted by Crippen LogP contribution is -2.54. The summed E-state index contributed by atoms with van der Waals surface area (Å²) >= 11 is 0. The van der Waals surface area contributed by atoms with E-state index in [0.717, 1.165) is 0 Å². The standard InChI is InChI=1S/C6H13ClN2O2S/c1-5-3-9(12(7,10)11)4-6(2)8-5/h5-6,8H,3-4H2,1-2H3/t5-,6+. The number of hydrogen-bond donors (Lipinski definition) is 1. The Labute approximate surface area is 77.4 Å². The van der Waals surface area contributed by atoms with Gasteiger partial charge in [0.25, 0.3) is 9.24 Å². The number of piperazine rings is 1. The Morgan fingerprint density at radius 1 is 1.33 bits per heavy atom. The van der Waals surface area contributed by atoms with Crippen molar-refractivity contribution < 1.29 is 8.42 Å². The Kier molecular flexibility index (Phi) is 2.98. The molecule has 0 aromatic rings. The lowest BCUT2D eigenvalue weighted by atomic mass is 10.2. The zero-order valence-corrected chi connectivity index (χ0v) is 8.69. The molecule has 6 heteroatoms. The van der Waals surface area contributed by atoms with Crippen LogP contribution in [0.25, 0.3) is 0 Å². The number of rotatable bonds is 1. The molecular weight excluding hydrogens is 200 g/mol. The van der Waals surface area contributed by atoms with E-state index in [1.165, 1.54) is 4.31 Å². The van der Waals surface area contributed by atoms with E-state index in [-0.39, 0.29) is 12.1 Å². The minimum atomic E-state index is -3.53. The lowest BCUT2D eigenvalue weighted by Gasteiger charge is -2.33. The SMILES string of the molecule is C[C@@H]1CN(S(=O)(=O)Cl)C[C@H](C)N1. The fraction of sp³-hybridized carbons (Fsp3) is 1.00. The summed E-state index contributed by atoms with van der Waals surface area (Å²) < 4.78 is 23.2. The second kappa shape index (κ2) is 3.49. The smallest absolute Gasteiger partial charge is 0.299 e. The fourth-order valence-electron chi connectivity index (χ4n) is 1.45. The molecular formula is C6H13ClN2O2S. The molecule has 1 fully saturated rings. The molecule has 0 radical (unpaired) electrons. The van der Waals surface area contributed by atoms with Crippen molar-refractivity contribution >= 4 is 19.9 Å². The molecule has 1 rings (SSSR count). The van der Waals surface area contributed by atoms with Gasteiger partial charge < -0.3 is 5.32 Å². The number of nitrogens with one attached hydrogen (secondary N) is 1. The average Bonchev–Trinajstić information content (AvgIpc) is 1.82. The second-order valence-corrected chi connectivity index (χ2v) is 5.74. The molecule has 12 heavy (non-hydrogen) atoms. The quantitative estimate of drug-likeness (QED) is 0.630. The number of halogens is 1. The monoisotopic (exact) mass is 212 g/mol. The minimum Gasteiger partial charge on any atom is -0.309 e. The van der Waals surface area contributed by atoms with E-state index in [0.29, 0.717) is 13.1 Å². The summed E-state index contributed by atoms with van der Waals surface area (Å²) in [5, 5.41) is 3.22. The Balaban J connectivity index is 2.68. The summed E-state index contributed by atoms with van der Waals surface area (Å²) in [5.74, 6) is 0. The van der Waals surface area contributed by atoms with Gasteiger partial charge in [-0.25, -0.2) is 0 Å². The van der Waals surface area contributed by atoms with Crippen LogP contribution in [0.4, 0.5) is 0 Å². The van der Waals surface area contributed by atoms with Crippen molar-refractivity contribution in [2.75, 3.05) is 13.1 Å². The van der Waals surface area contributed by atoms with Crippen molar-refractivity contribution in [2.24, 2.45) is 0 Å². The van der Waals surface area contributed by atoms with Crippen molar-refractivity contribution in [1.82, 2.24) is 9.62 Å². The van der Waals surface area contributed by atoms with Crippen LogP contribution in [-0.4, -0.2) is 37.9 Å². The first-order chi connectivity index (χ1) is 5.39. The zero-order valence-electron chi connectivity index (χ0n) is 7.12. The van der Waals surface area contributed by atoms with Gasteiger partial charge in [-0.05, 0) is 13.8 Å². The van der Waals surface area contributed by atoms with Crippen molar-refractivity contribution in [3.63, 3.8) is 0 Å². The first kappa shape index (κ1) is 10.2. The van der Waals surface area contributed by atoms with Gasteiger partial charge in [0.1, 0.15) is 0 Å². The van der Waals surface area contributed by atoms with Gasteiger partial charge in [0.15, 0.2) is 0 Å². The lowest BCUT2D eigenvalue weighted by molar-refractivity contribution is 0.266. The predicted molar refractivity (Wildman–Crippen MR) is 48.4 cm³/mol. The Hall–Kier alpha value is 0.160. The van der Waals surface area contributed by atoms with Gasteiger partial charge >= 0.3 is 0 Å². The van der Waals surface area contributed by atoms with Crippen LogP contribution in [0, 0.1) is 0 Å². The van der Waals surface area contributed by atoms with Gasteiger partial charge in [0.2, 0.25) is 0 Å². The van der Waals surface area contributed by atoms with E-state index in [4.69, 9.17) is 10.7 Å². The van der Waals surface area contributed by atoms with Crippen molar-refractivity contribution in [2.45, 2.75) is 25.9 Å². The first-order valence-corrected chi connectivity index (χ1v) is 6.12. The van der Waals surface area contributed by atoms with Crippen molar-refractivity contribution in [1.29, 1.82) is 0 Å². The number of hydrogen-bond acceptors (Lipinski definition) is 3. The first-order valence-electron chi connectivity index (χ1n) is 3.85. The third-order valence-corrected chi connectivity index (χ3v) is 3.33. The van der Waals surface area contributed by atoms with Crippen LogP contribution in [-0.2, 0) is 9.24 Å². The molecule has 0 unspecified atom stereocenters. The second-order valence-electron chi connectivity index (χ2n) is 3.23. The fourth-order valence-corrected chi connectivity index (χ4v) is 2.60. The number of nitrogens with zero attached hydrogens (tertiary/aromatic N) is 1. The van der Waals surface area contributed by atoms with E-state index < -0.39 is 9.24 Å². The normalized spacial score (nSPS) is 33.6. The van der Waals surface area contributed by atoms with Crippen LogP contribution in [0.2, 0.25) is 0 Å². The Morgan fingerprint density at radius 3 is 2.08 bits per heavy atom.